The highest BCUT2D eigenvalue weighted by Gasteiger charge is 2.31. The molecule has 3 heterocycles. The Bertz CT molecular complexity index is 829. The molecule has 29 heavy (non-hydrogen) atoms. The number of aryl methyl sites for hydroxylation is 1. The van der Waals surface area contributed by atoms with E-state index in [2.05, 4.69) is 41.0 Å². The van der Waals surface area contributed by atoms with Gasteiger partial charge in [0.15, 0.2) is 5.76 Å². The second kappa shape index (κ2) is 9.26. The minimum Gasteiger partial charge on any atom is -0.455 e. The quantitative estimate of drug-likeness (QED) is 0.744. The molecule has 5 nitrogen and oxygen atoms in total. The maximum atomic E-state index is 12.9. The number of carbonyl (C=O) groups is 1. The first-order valence-corrected chi connectivity index (χ1v) is 12.0. The second-order valence-corrected chi connectivity index (χ2v) is 8.92. The van der Waals surface area contributed by atoms with E-state index in [1.807, 2.05) is 23.3 Å². The first-order chi connectivity index (χ1) is 14.2. The van der Waals surface area contributed by atoms with Crippen LogP contribution in [0.1, 0.15) is 34.7 Å². The average Bonchev–Trinajstić information content (AvgIpc) is 3.23. The Morgan fingerprint density at radius 3 is 2.66 bits per heavy atom. The molecule has 1 aromatic heterocycles. The number of piperazine rings is 1. The third-order valence-corrected chi connectivity index (χ3v) is 6.70. The molecule has 0 bridgehead atoms. The van der Waals surface area contributed by atoms with Crippen LogP contribution in [0, 0.1) is 6.92 Å². The molecule has 0 radical (unpaired) electrons. The fourth-order valence-electron chi connectivity index (χ4n) is 4.55. The lowest BCUT2D eigenvalue weighted by Gasteiger charge is -2.44. The summed E-state index contributed by atoms with van der Waals surface area (Å²) in [5.41, 5.74) is 2.70. The zero-order valence-electron chi connectivity index (χ0n) is 17.5. The maximum absolute atomic E-state index is 12.9. The predicted octanol–water partition coefficient (Wildman–Crippen LogP) is 3.88. The van der Waals surface area contributed by atoms with Gasteiger partial charge in [-0.15, -0.1) is 0 Å². The highest BCUT2D eigenvalue weighted by molar-refractivity contribution is 7.97. The summed E-state index contributed by atoms with van der Waals surface area (Å²) in [6.45, 7) is 8.03. The van der Waals surface area contributed by atoms with Crippen molar-refractivity contribution in [3.63, 3.8) is 0 Å². The normalized spacial score (nSPS) is 20.8. The summed E-state index contributed by atoms with van der Waals surface area (Å²) in [5.74, 6) is 2.21. The third kappa shape index (κ3) is 4.64. The van der Waals surface area contributed by atoms with Crippen LogP contribution in [0.15, 0.2) is 40.8 Å². The van der Waals surface area contributed by atoms with Crippen molar-refractivity contribution in [2.24, 2.45) is 0 Å². The van der Waals surface area contributed by atoms with Gasteiger partial charge in [-0.2, -0.15) is 11.8 Å². The van der Waals surface area contributed by atoms with Gasteiger partial charge in [0.2, 0.25) is 0 Å². The van der Waals surface area contributed by atoms with Gasteiger partial charge in [-0.1, -0.05) is 18.2 Å². The van der Waals surface area contributed by atoms with Crippen molar-refractivity contribution >= 4 is 23.4 Å². The van der Waals surface area contributed by atoms with Crippen molar-refractivity contribution in [2.75, 3.05) is 50.4 Å². The van der Waals surface area contributed by atoms with Gasteiger partial charge < -0.3 is 14.2 Å². The van der Waals surface area contributed by atoms with E-state index in [1.54, 1.807) is 11.8 Å². The first kappa shape index (κ1) is 20.4. The topological polar surface area (TPSA) is 39.9 Å². The van der Waals surface area contributed by atoms with E-state index < -0.39 is 0 Å². The number of hydrogen-bond acceptors (Lipinski definition) is 5. The number of benzene rings is 1. The molecule has 0 N–H and O–H groups in total. The first-order valence-electron chi connectivity index (χ1n) is 10.6. The van der Waals surface area contributed by atoms with E-state index in [1.165, 1.54) is 17.7 Å². The number of piperidine rings is 1. The Kier molecular flexibility index (Phi) is 6.50. The lowest BCUT2D eigenvalue weighted by atomic mass is 10.0. The van der Waals surface area contributed by atoms with Crippen LogP contribution in [0.2, 0.25) is 0 Å². The van der Waals surface area contributed by atoms with Crippen LogP contribution < -0.4 is 4.90 Å². The summed E-state index contributed by atoms with van der Waals surface area (Å²) >= 11 is 1.70. The largest absolute Gasteiger partial charge is 0.455 e. The van der Waals surface area contributed by atoms with Gasteiger partial charge >= 0.3 is 0 Å². The fraction of sp³-hybridized carbons (Fsp3) is 0.522. The van der Waals surface area contributed by atoms with Crippen molar-refractivity contribution in [2.45, 2.75) is 31.6 Å². The number of hydrogen-bond donors (Lipinski definition) is 0. The molecule has 0 spiro atoms. The van der Waals surface area contributed by atoms with E-state index in [0.717, 1.165) is 57.2 Å². The molecule has 0 saturated carbocycles. The van der Waals surface area contributed by atoms with Gasteiger partial charge in [0.1, 0.15) is 5.76 Å². The van der Waals surface area contributed by atoms with E-state index in [0.29, 0.717) is 11.8 Å². The van der Waals surface area contributed by atoms with E-state index >= 15 is 0 Å². The Balaban J connectivity index is 1.34. The zero-order chi connectivity index (χ0) is 20.2. The Labute approximate surface area is 178 Å². The Hall–Kier alpha value is -1.92. The number of furan rings is 1. The summed E-state index contributed by atoms with van der Waals surface area (Å²) in [6, 6.07) is 12.8. The van der Waals surface area contributed by atoms with Crippen LogP contribution >= 0.6 is 11.8 Å². The zero-order valence-corrected chi connectivity index (χ0v) is 18.3. The van der Waals surface area contributed by atoms with Gasteiger partial charge in [0.05, 0.1) is 5.75 Å². The van der Waals surface area contributed by atoms with Gasteiger partial charge in [0.25, 0.3) is 5.91 Å². The van der Waals surface area contributed by atoms with Crippen LogP contribution in [0.3, 0.4) is 0 Å². The molecule has 0 unspecified atom stereocenters. The molecule has 1 amide bonds. The smallest absolute Gasteiger partial charge is 0.289 e. The molecule has 156 valence electrons. The minimum atomic E-state index is 0.0422. The molecule has 2 saturated heterocycles. The molecule has 2 aromatic rings. The highest BCUT2D eigenvalue weighted by Crippen LogP contribution is 2.24. The van der Waals surface area contributed by atoms with Crippen molar-refractivity contribution in [1.29, 1.82) is 0 Å². The number of carbonyl (C=O) groups excluding carboxylic acids is 1. The molecular weight excluding hydrogens is 382 g/mol. The van der Waals surface area contributed by atoms with Gasteiger partial charge in [-0.05, 0) is 49.8 Å². The summed E-state index contributed by atoms with van der Waals surface area (Å²) in [6.07, 6.45) is 4.27. The van der Waals surface area contributed by atoms with Crippen molar-refractivity contribution in [3.8, 4) is 0 Å². The molecule has 0 aliphatic carbocycles. The maximum Gasteiger partial charge on any atom is 0.289 e. The fourth-order valence-corrected chi connectivity index (χ4v) is 4.99. The predicted molar refractivity (Wildman–Crippen MR) is 120 cm³/mol. The monoisotopic (exact) mass is 413 g/mol. The number of rotatable bonds is 5. The summed E-state index contributed by atoms with van der Waals surface area (Å²) in [7, 11) is 0. The molecule has 1 aromatic carbocycles. The molecule has 2 aliphatic rings. The SMILES string of the molecule is CSCc1ccc(C(=O)N2CCC[C@@H](N3CCN(c4ccccc4C)CC3)C2)o1. The summed E-state index contributed by atoms with van der Waals surface area (Å²) in [4.78, 5) is 20.0. The number of thioether (sulfide) groups is 1. The van der Waals surface area contributed by atoms with Crippen LogP contribution in [-0.2, 0) is 5.75 Å². The number of likely N-dealkylation sites (tertiary alicyclic amines) is 1. The number of para-hydroxylation sites is 1. The van der Waals surface area contributed by atoms with E-state index in [9.17, 15) is 4.79 Å². The van der Waals surface area contributed by atoms with Gasteiger partial charge in [-0.3, -0.25) is 9.69 Å². The molecular formula is C23H31N3O2S. The molecule has 4 rings (SSSR count). The van der Waals surface area contributed by atoms with E-state index in [4.69, 9.17) is 4.42 Å². The van der Waals surface area contributed by atoms with Gasteiger partial charge in [0, 0.05) is 51.0 Å². The van der Waals surface area contributed by atoms with Crippen LogP contribution in [-0.4, -0.2) is 67.3 Å². The van der Waals surface area contributed by atoms with Crippen LogP contribution in [0.5, 0.6) is 0 Å². The molecule has 2 fully saturated rings. The molecule has 2 aliphatic heterocycles. The van der Waals surface area contributed by atoms with Crippen LogP contribution in [0.25, 0.3) is 0 Å². The third-order valence-electron chi connectivity index (χ3n) is 6.13. The number of anilines is 1. The van der Waals surface area contributed by atoms with E-state index in [-0.39, 0.29) is 5.91 Å². The lowest BCUT2D eigenvalue weighted by molar-refractivity contribution is 0.0534. The Morgan fingerprint density at radius 1 is 1.10 bits per heavy atom. The standard InChI is InChI=1S/C23H31N3O2S/c1-18-6-3-4-8-21(18)25-14-12-24(13-15-25)19-7-5-11-26(16-19)23(27)22-10-9-20(28-22)17-29-2/h3-4,6,8-10,19H,5,7,11-17H2,1-2H3/t19-/m1/s1. The van der Waals surface area contributed by atoms with Crippen LogP contribution in [0.4, 0.5) is 5.69 Å². The number of nitrogens with zero attached hydrogens (tertiary/aromatic N) is 3. The summed E-state index contributed by atoms with van der Waals surface area (Å²) in [5, 5.41) is 0. The average molecular weight is 414 g/mol. The highest BCUT2D eigenvalue weighted by atomic mass is 32.2. The minimum absolute atomic E-state index is 0.0422. The van der Waals surface area contributed by atoms with Crippen molar-refractivity contribution in [1.82, 2.24) is 9.80 Å². The Morgan fingerprint density at radius 2 is 1.90 bits per heavy atom. The summed E-state index contributed by atoms with van der Waals surface area (Å²) < 4.78 is 5.76. The lowest BCUT2D eigenvalue weighted by Crippen LogP contribution is -2.56. The van der Waals surface area contributed by atoms with Crippen molar-refractivity contribution < 1.29 is 9.21 Å². The van der Waals surface area contributed by atoms with Crippen molar-refractivity contribution in [3.05, 3.63) is 53.5 Å². The second-order valence-electron chi connectivity index (χ2n) is 8.06. The number of amides is 1. The van der Waals surface area contributed by atoms with Gasteiger partial charge in [-0.25, -0.2) is 0 Å². The molecule has 6 heteroatoms. The molecule has 1 atom stereocenters.